The highest BCUT2D eigenvalue weighted by Gasteiger charge is 2.29. The molecule has 2 aromatic heterocycles. The topological polar surface area (TPSA) is 55.6 Å². The summed E-state index contributed by atoms with van der Waals surface area (Å²) in [6, 6.07) is 0. The molecule has 0 bridgehead atoms. The molecule has 1 N–H and O–H groups in total. The summed E-state index contributed by atoms with van der Waals surface area (Å²) in [5.41, 5.74) is 0.562. The van der Waals surface area contributed by atoms with Crippen LogP contribution in [0.2, 0.25) is 0 Å². The largest absolute Gasteiger partial charge is 0.367 e. The molecule has 0 spiro atoms. The van der Waals surface area contributed by atoms with E-state index >= 15 is 0 Å². The van der Waals surface area contributed by atoms with E-state index in [1.807, 2.05) is 10.8 Å². The molecule has 0 atom stereocenters. The van der Waals surface area contributed by atoms with Crippen LogP contribution in [0.5, 0.6) is 0 Å². The SMILES string of the molecule is Fc1c(NCCCn2ccnc2)ncnc1C1CC1. The lowest BCUT2D eigenvalue weighted by Crippen LogP contribution is -2.10. The summed E-state index contributed by atoms with van der Waals surface area (Å²) in [4.78, 5) is 12.0. The van der Waals surface area contributed by atoms with Gasteiger partial charge in [-0.2, -0.15) is 0 Å². The number of nitrogens with one attached hydrogen (secondary N) is 1. The highest BCUT2D eigenvalue weighted by molar-refractivity contribution is 5.39. The molecule has 1 fully saturated rings. The Labute approximate surface area is 110 Å². The number of imidazole rings is 1. The number of rotatable bonds is 6. The molecule has 0 radical (unpaired) electrons. The van der Waals surface area contributed by atoms with Gasteiger partial charge >= 0.3 is 0 Å². The number of aryl methyl sites for hydroxylation is 1. The van der Waals surface area contributed by atoms with Gasteiger partial charge in [0, 0.05) is 31.4 Å². The first-order valence-electron chi connectivity index (χ1n) is 6.54. The van der Waals surface area contributed by atoms with Crippen LogP contribution in [-0.2, 0) is 6.54 Å². The smallest absolute Gasteiger partial charge is 0.187 e. The van der Waals surface area contributed by atoms with Gasteiger partial charge in [0.2, 0.25) is 0 Å². The maximum Gasteiger partial charge on any atom is 0.187 e. The molecular formula is C13H16FN5. The number of nitrogens with zero attached hydrogens (tertiary/aromatic N) is 4. The van der Waals surface area contributed by atoms with Crippen molar-refractivity contribution in [3.05, 3.63) is 36.6 Å². The van der Waals surface area contributed by atoms with Crippen LogP contribution >= 0.6 is 0 Å². The van der Waals surface area contributed by atoms with E-state index in [0.717, 1.165) is 25.8 Å². The number of halogens is 1. The lowest BCUT2D eigenvalue weighted by atomic mass is 10.2. The third-order valence-electron chi connectivity index (χ3n) is 3.23. The lowest BCUT2D eigenvalue weighted by Gasteiger charge is -2.08. The Morgan fingerprint density at radius 1 is 1.37 bits per heavy atom. The van der Waals surface area contributed by atoms with Crippen LogP contribution < -0.4 is 5.32 Å². The normalized spacial score (nSPS) is 14.6. The lowest BCUT2D eigenvalue weighted by molar-refractivity contribution is 0.592. The van der Waals surface area contributed by atoms with E-state index < -0.39 is 0 Å². The molecule has 0 aliphatic heterocycles. The fourth-order valence-corrected chi connectivity index (χ4v) is 2.04. The number of hydrogen-bond donors (Lipinski definition) is 1. The molecule has 0 unspecified atom stereocenters. The fourth-order valence-electron chi connectivity index (χ4n) is 2.04. The molecule has 3 rings (SSSR count). The van der Waals surface area contributed by atoms with E-state index in [2.05, 4.69) is 20.3 Å². The third-order valence-corrected chi connectivity index (χ3v) is 3.23. The zero-order chi connectivity index (χ0) is 13.1. The van der Waals surface area contributed by atoms with Gasteiger partial charge in [-0.15, -0.1) is 0 Å². The summed E-state index contributed by atoms with van der Waals surface area (Å²) < 4.78 is 16.1. The van der Waals surface area contributed by atoms with E-state index in [-0.39, 0.29) is 5.82 Å². The van der Waals surface area contributed by atoms with E-state index in [9.17, 15) is 4.39 Å². The van der Waals surface area contributed by atoms with Gasteiger partial charge in [-0.25, -0.2) is 19.3 Å². The van der Waals surface area contributed by atoms with Crippen molar-refractivity contribution in [1.82, 2.24) is 19.5 Å². The minimum atomic E-state index is -0.285. The Balaban J connectivity index is 1.53. The van der Waals surface area contributed by atoms with Crippen LogP contribution in [0.4, 0.5) is 10.2 Å². The van der Waals surface area contributed by atoms with Crippen molar-refractivity contribution < 1.29 is 4.39 Å². The van der Waals surface area contributed by atoms with Gasteiger partial charge in [0.1, 0.15) is 6.33 Å². The monoisotopic (exact) mass is 261 g/mol. The predicted octanol–water partition coefficient (Wildman–Crippen LogP) is 2.19. The first-order chi connectivity index (χ1) is 9.34. The van der Waals surface area contributed by atoms with Crippen molar-refractivity contribution in [3.63, 3.8) is 0 Å². The van der Waals surface area contributed by atoms with Crippen molar-refractivity contribution in [2.75, 3.05) is 11.9 Å². The van der Waals surface area contributed by atoms with Crippen LogP contribution in [0, 0.1) is 5.82 Å². The van der Waals surface area contributed by atoms with Gasteiger partial charge in [-0.05, 0) is 19.3 Å². The van der Waals surface area contributed by atoms with Crippen LogP contribution in [0.1, 0.15) is 30.9 Å². The summed E-state index contributed by atoms with van der Waals surface area (Å²) in [6.45, 7) is 1.53. The molecule has 19 heavy (non-hydrogen) atoms. The van der Waals surface area contributed by atoms with E-state index in [0.29, 0.717) is 24.0 Å². The molecular weight excluding hydrogens is 245 g/mol. The Hall–Kier alpha value is -1.98. The molecule has 5 nitrogen and oxygen atoms in total. The minimum absolute atomic E-state index is 0.285. The summed E-state index contributed by atoms with van der Waals surface area (Å²) in [7, 11) is 0. The summed E-state index contributed by atoms with van der Waals surface area (Å²) in [5.74, 6) is 0.338. The Kier molecular flexibility index (Phi) is 3.39. The van der Waals surface area contributed by atoms with Gasteiger partial charge in [0.05, 0.1) is 12.0 Å². The number of hydrogen-bond acceptors (Lipinski definition) is 4. The molecule has 0 amide bonds. The predicted molar refractivity (Wildman–Crippen MR) is 69.3 cm³/mol. The highest BCUT2D eigenvalue weighted by atomic mass is 19.1. The summed E-state index contributed by atoms with van der Waals surface area (Å²) in [5, 5.41) is 3.04. The average Bonchev–Trinajstić information content (AvgIpc) is 3.13. The van der Waals surface area contributed by atoms with E-state index in [1.165, 1.54) is 6.33 Å². The second-order valence-electron chi connectivity index (χ2n) is 4.78. The average molecular weight is 261 g/mol. The quantitative estimate of drug-likeness (QED) is 0.810. The van der Waals surface area contributed by atoms with E-state index in [4.69, 9.17) is 0 Å². The van der Waals surface area contributed by atoms with Gasteiger partial charge in [0.15, 0.2) is 11.6 Å². The van der Waals surface area contributed by atoms with Crippen molar-refractivity contribution in [2.24, 2.45) is 0 Å². The molecule has 0 saturated heterocycles. The van der Waals surface area contributed by atoms with Crippen molar-refractivity contribution in [2.45, 2.75) is 31.7 Å². The molecule has 0 aromatic carbocycles. The molecule has 1 aliphatic carbocycles. The van der Waals surface area contributed by atoms with Gasteiger partial charge < -0.3 is 9.88 Å². The Morgan fingerprint density at radius 3 is 3.00 bits per heavy atom. The molecule has 2 heterocycles. The second kappa shape index (κ2) is 5.34. The summed E-state index contributed by atoms with van der Waals surface area (Å²) in [6.07, 6.45) is 9.84. The van der Waals surface area contributed by atoms with Crippen LogP contribution in [0.3, 0.4) is 0 Å². The van der Waals surface area contributed by atoms with E-state index in [1.54, 1.807) is 12.5 Å². The standard InChI is InChI=1S/C13H16FN5/c14-11-12(10-2-3-10)17-8-18-13(11)16-4-1-6-19-7-5-15-9-19/h5,7-10H,1-4,6H2,(H,16,17,18). The Morgan fingerprint density at radius 2 is 2.26 bits per heavy atom. The highest BCUT2D eigenvalue weighted by Crippen LogP contribution is 2.40. The van der Waals surface area contributed by atoms with Crippen molar-refractivity contribution >= 4 is 5.82 Å². The molecule has 1 aliphatic rings. The van der Waals surface area contributed by atoms with Gasteiger partial charge in [-0.3, -0.25) is 0 Å². The summed E-state index contributed by atoms with van der Waals surface area (Å²) >= 11 is 0. The van der Waals surface area contributed by atoms with Crippen LogP contribution in [-0.4, -0.2) is 26.1 Å². The number of aromatic nitrogens is 4. The third kappa shape index (κ3) is 2.89. The van der Waals surface area contributed by atoms with Gasteiger partial charge in [0.25, 0.3) is 0 Å². The maximum atomic E-state index is 14.1. The van der Waals surface area contributed by atoms with Crippen LogP contribution in [0.15, 0.2) is 25.0 Å². The molecule has 2 aromatic rings. The first-order valence-corrected chi connectivity index (χ1v) is 6.54. The number of anilines is 1. The van der Waals surface area contributed by atoms with Crippen LogP contribution in [0.25, 0.3) is 0 Å². The van der Waals surface area contributed by atoms with Crippen molar-refractivity contribution in [1.29, 1.82) is 0 Å². The Bertz CT molecular complexity index is 536. The second-order valence-corrected chi connectivity index (χ2v) is 4.78. The van der Waals surface area contributed by atoms with Crippen molar-refractivity contribution in [3.8, 4) is 0 Å². The molecule has 6 heteroatoms. The first kappa shape index (κ1) is 12.1. The fraction of sp³-hybridized carbons (Fsp3) is 0.462. The zero-order valence-corrected chi connectivity index (χ0v) is 10.6. The maximum absolute atomic E-state index is 14.1. The molecule has 1 saturated carbocycles. The minimum Gasteiger partial charge on any atom is -0.367 e. The van der Waals surface area contributed by atoms with Gasteiger partial charge in [-0.1, -0.05) is 0 Å². The molecule has 100 valence electrons. The zero-order valence-electron chi connectivity index (χ0n) is 10.6.